The van der Waals surface area contributed by atoms with Crippen molar-refractivity contribution in [1.29, 1.82) is 0 Å². The smallest absolute Gasteiger partial charge is 0.323 e. The molecule has 3 N–H and O–H groups in total. The van der Waals surface area contributed by atoms with Crippen molar-refractivity contribution >= 4 is 28.9 Å². The van der Waals surface area contributed by atoms with E-state index in [9.17, 15) is 4.79 Å². The van der Waals surface area contributed by atoms with Crippen LogP contribution >= 0.6 is 0 Å². The maximum absolute atomic E-state index is 10.7. The third-order valence-corrected chi connectivity index (χ3v) is 2.19. The van der Waals surface area contributed by atoms with Crippen LogP contribution in [0, 0.1) is 0 Å². The Morgan fingerprint density at radius 3 is 2.82 bits per heavy atom. The van der Waals surface area contributed by atoms with Crippen LogP contribution < -0.4 is 10.6 Å². The molecule has 0 aromatic carbocycles. The van der Waals surface area contributed by atoms with E-state index in [1.807, 2.05) is 0 Å². The third kappa shape index (κ3) is 1.96. The third-order valence-electron chi connectivity index (χ3n) is 2.19. The topological polar surface area (TPSA) is 110 Å². The van der Waals surface area contributed by atoms with Crippen LogP contribution in [-0.4, -0.2) is 44.7 Å². The monoisotopic (exact) mass is 236 g/mol. The highest BCUT2D eigenvalue weighted by Crippen LogP contribution is 2.21. The summed E-state index contributed by atoms with van der Waals surface area (Å²) in [7, 11) is 3.61. The fourth-order valence-electron chi connectivity index (χ4n) is 1.52. The molecule has 0 unspecified atom stereocenters. The lowest BCUT2D eigenvalue weighted by molar-refractivity contribution is -0.137. The fraction of sp³-hybridized carbons (Fsp3) is 0.333. The molecule has 0 aliphatic carbocycles. The summed E-state index contributed by atoms with van der Waals surface area (Å²) in [5.74, 6) is -0.308. The molecule has 0 saturated carbocycles. The van der Waals surface area contributed by atoms with E-state index in [4.69, 9.17) is 10.8 Å². The molecule has 8 nitrogen and oxygen atoms in total. The van der Waals surface area contributed by atoms with Crippen LogP contribution in [0.5, 0.6) is 0 Å². The van der Waals surface area contributed by atoms with Crippen molar-refractivity contribution in [3.63, 3.8) is 0 Å². The van der Waals surface area contributed by atoms with Crippen molar-refractivity contribution in [1.82, 2.24) is 19.5 Å². The highest BCUT2D eigenvalue weighted by atomic mass is 16.4. The molecule has 0 spiro atoms. The number of fused-ring (bicyclic) bond motifs is 1. The predicted molar refractivity (Wildman–Crippen MR) is 61.7 cm³/mol. The number of hydrogen-bond acceptors (Lipinski definition) is 6. The number of anilines is 2. The average Bonchev–Trinajstić information content (AvgIpc) is 2.59. The summed E-state index contributed by atoms with van der Waals surface area (Å²) in [4.78, 5) is 24.6. The summed E-state index contributed by atoms with van der Waals surface area (Å²) in [6.07, 6.45) is 1.42. The van der Waals surface area contributed by atoms with Crippen LogP contribution in [0.4, 0.5) is 11.8 Å². The van der Waals surface area contributed by atoms with E-state index in [2.05, 4.69) is 15.0 Å². The molecule has 0 radical (unpaired) electrons. The van der Waals surface area contributed by atoms with Crippen molar-refractivity contribution in [3.8, 4) is 0 Å². The van der Waals surface area contributed by atoms with Gasteiger partial charge in [-0.25, -0.2) is 4.98 Å². The maximum atomic E-state index is 10.7. The number of carboxylic acids is 1. The largest absolute Gasteiger partial charge is 0.480 e. The molecular weight excluding hydrogens is 224 g/mol. The van der Waals surface area contributed by atoms with Gasteiger partial charge in [0.25, 0.3) is 0 Å². The van der Waals surface area contributed by atoms with Crippen molar-refractivity contribution < 1.29 is 9.90 Å². The van der Waals surface area contributed by atoms with Crippen molar-refractivity contribution in [3.05, 3.63) is 6.33 Å². The molecule has 0 amide bonds. The zero-order chi connectivity index (χ0) is 12.6. The molecule has 8 heteroatoms. The SMILES string of the molecule is CN(C)c1nc(N)nc2c1ncn2CC(=O)O. The zero-order valence-corrected chi connectivity index (χ0v) is 9.45. The summed E-state index contributed by atoms with van der Waals surface area (Å²) >= 11 is 0. The van der Waals surface area contributed by atoms with Gasteiger partial charge in [0, 0.05) is 14.1 Å². The molecule has 0 aliphatic rings. The Morgan fingerprint density at radius 1 is 1.53 bits per heavy atom. The first-order chi connectivity index (χ1) is 7.99. The van der Waals surface area contributed by atoms with Gasteiger partial charge in [-0.15, -0.1) is 0 Å². The fourth-order valence-corrected chi connectivity index (χ4v) is 1.52. The minimum absolute atomic E-state index is 0.0911. The van der Waals surface area contributed by atoms with E-state index in [1.54, 1.807) is 19.0 Å². The van der Waals surface area contributed by atoms with Crippen LogP contribution in [0.1, 0.15) is 0 Å². The van der Waals surface area contributed by atoms with Gasteiger partial charge in [-0.1, -0.05) is 0 Å². The average molecular weight is 236 g/mol. The Hall–Kier alpha value is -2.38. The molecule has 17 heavy (non-hydrogen) atoms. The molecule has 0 saturated heterocycles. The van der Waals surface area contributed by atoms with Gasteiger partial charge in [0.05, 0.1) is 6.33 Å². The van der Waals surface area contributed by atoms with Crippen LogP contribution in [-0.2, 0) is 11.3 Å². The number of nitrogen functional groups attached to an aromatic ring is 1. The number of aliphatic carboxylic acids is 1. The van der Waals surface area contributed by atoms with Crippen molar-refractivity contribution in [2.75, 3.05) is 24.7 Å². The Labute approximate surface area is 96.7 Å². The van der Waals surface area contributed by atoms with Gasteiger partial charge >= 0.3 is 5.97 Å². The summed E-state index contributed by atoms with van der Waals surface area (Å²) in [5, 5.41) is 8.76. The quantitative estimate of drug-likeness (QED) is 0.743. The number of aromatic nitrogens is 4. The highest BCUT2D eigenvalue weighted by molar-refractivity contribution is 5.85. The van der Waals surface area contributed by atoms with Crippen LogP contribution in [0.25, 0.3) is 11.2 Å². The van der Waals surface area contributed by atoms with E-state index in [-0.39, 0.29) is 12.5 Å². The second-order valence-corrected chi connectivity index (χ2v) is 3.74. The lowest BCUT2D eigenvalue weighted by Gasteiger charge is -2.11. The standard InChI is InChI=1S/C9H12N6O2/c1-14(2)7-6-8(13-9(10)12-7)15(4-11-6)3-5(16)17/h4H,3H2,1-2H3,(H,16,17)(H2,10,12,13). The van der Waals surface area contributed by atoms with Gasteiger partial charge in [0.2, 0.25) is 5.95 Å². The zero-order valence-electron chi connectivity index (χ0n) is 9.45. The van der Waals surface area contributed by atoms with E-state index in [0.717, 1.165) is 0 Å². The van der Waals surface area contributed by atoms with E-state index in [0.29, 0.717) is 17.0 Å². The normalized spacial score (nSPS) is 10.7. The number of carbonyl (C=O) groups is 1. The first-order valence-corrected chi connectivity index (χ1v) is 4.86. The minimum Gasteiger partial charge on any atom is -0.480 e. The number of nitrogens with two attached hydrogens (primary N) is 1. The molecule has 0 aliphatic heterocycles. The number of hydrogen-bond donors (Lipinski definition) is 2. The van der Waals surface area contributed by atoms with Crippen molar-refractivity contribution in [2.24, 2.45) is 0 Å². The van der Waals surface area contributed by atoms with Gasteiger partial charge in [0.15, 0.2) is 17.0 Å². The number of rotatable bonds is 3. The molecular formula is C9H12N6O2. The lowest BCUT2D eigenvalue weighted by atomic mass is 10.4. The van der Waals surface area contributed by atoms with Crippen molar-refractivity contribution in [2.45, 2.75) is 6.54 Å². The van der Waals surface area contributed by atoms with Gasteiger partial charge in [-0.05, 0) is 0 Å². The first kappa shape index (κ1) is 11.1. The molecule has 2 heterocycles. The van der Waals surface area contributed by atoms with Gasteiger partial charge in [-0.3, -0.25) is 4.79 Å². The van der Waals surface area contributed by atoms with Gasteiger partial charge in [-0.2, -0.15) is 9.97 Å². The highest BCUT2D eigenvalue weighted by Gasteiger charge is 2.14. The minimum atomic E-state index is -0.965. The van der Waals surface area contributed by atoms with Gasteiger partial charge in [0.1, 0.15) is 6.54 Å². The maximum Gasteiger partial charge on any atom is 0.323 e. The summed E-state index contributed by atoms with van der Waals surface area (Å²) in [6.45, 7) is -0.209. The van der Waals surface area contributed by atoms with Crippen LogP contribution in [0.3, 0.4) is 0 Å². The Kier molecular flexibility index (Phi) is 2.54. The summed E-state index contributed by atoms with van der Waals surface area (Å²) < 4.78 is 1.42. The Bertz CT molecular complexity index is 576. The Balaban J connectivity index is 2.64. The summed E-state index contributed by atoms with van der Waals surface area (Å²) in [5.41, 5.74) is 6.54. The van der Waals surface area contributed by atoms with Gasteiger partial charge < -0.3 is 20.3 Å². The molecule has 0 bridgehead atoms. The molecule has 0 atom stereocenters. The van der Waals surface area contributed by atoms with E-state index >= 15 is 0 Å². The number of nitrogens with zero attached hydrogens (tertiary/aromatic N) is 5. The number of carboxylic acid groups (broad SMARTS) is 1. The number of imidazole rings is 1. The van der Waals surface area contributed by atoms with E-state index in [1.165, 1.54) is 10.9 Å². The molecule has 2 rings (SSSR count). The lowest BCUT2D eigenvalue weighted by Crippen LogP contribution is -2.14. The Morgan fingerprint density at radius 2 is 2.24 bits per heavy atom. The first-order valence-electron chi connectivity index (χ1n) is 4.86. The van der Waals surface area contributed by atoms with Crippen LogP contribution in [0.15, 0.2) is 6.33 Å². The molecule has 2 aromatic rings. The summed E-state index contributed by atoms with van der Waals surface area (Å²) in [6, 6.07) is 0. The van der Waals surface area contributed by atoms with Crippen LogP contribution in [0.2, 0.25) is 0 Å². The second-order valence-electron chi connectivity index (χ2n) is 3.74. The molecule has 90 valence electrons. The predicted octanol–water partition coefficient (Wildman–Crippen LogP) is -0.441. The molecule has 2 aromatic heterocycles. The molecule has 0 fully saturated rings. The second kappa shape index (κ2) is 3.89. The van der Waals surface area contributed by atoms with E-state index < -0.39 is 5.97 Å².